The van der Waals surface area contributed by atoms with Crippen LogP contribution in [-0.2, 0) is 0 Å². The third kappa shape index (κ3) is 3.75. The zero-order chi connectivity index (χ0) is 16.2. The molecule has 0 aliphatic carbocycles. The highest BCUT2D eigenvalue weighted by Gasteiger charge is 2.07. The minimum Gasteiger partial charge on any atom is -0.248 e. The third-order valence-electron chi connectivity index (χ3n) is 3.92. The summed E-state index contributed by atoms with van der Waals surface area (Å²) in [6.07, 6.45) is 0. The molecule has 3 aromatic rings. The van der Waals surface area contributed by atoms with Gasteiger partial charge in [-0.3, -0.25) is 0 Å². The van der Waals surface area contributed by atoms with Crippen molar-refractivity contribution in [3.05, 3.63) is 101 Å². The number of hydrogen-bond donors (Lipinski definition) is 0. The lowest BCUT2D eigenvalue weighted by Gasteiger charge is -2.09. The second-order valence-corrected chi connectivity index (χ2v) is 6.03. The number of aryl methyl sites for hydroxylation is 3. The third-order valence-corrected chi connectivity index (χ3v) is 3.92. The van der Waals surface area contributed by atoms with Gasteiger partial charge in [0.1, 0.15) is 0 Å². The van der Waals surface area contributed by atoms with Crippen LogP contribution in [0.1, 0.15) is 27.8 Å². The Hall–Kier alpha value is -2.67. The number of benzene rings is 3. The number of hydrogen-bond acceptors (Lipinski definition) is 1. The zero-order valence-electron chi connectivity index (χ0n) is 13.9. The van der Waals surface area contributed by atoms with Crippen molar-refractivity contribution >= 4 is 11.4 Å². The molecule has 1 nitrogen and oxygen atoms in total. The molecule has 0 aliphatic rings. The maximum Gasteiger partial charge on any atom is 0.0781 e. The van der Waals surface area contributed by atoms with Crippen molar-refractivity contribution in [1.82, 2.24) is 0 Å². The fourth-order valence-corrected chi connectivity index (χ4v) is 2.47. The molecule has 23 heavy (non-hydrogen) atoms. The molecular weight excluding hydrogens is 278 g/mol. The molecule has 0 bridgehead atoms. The van der Waals surface area contributed by atoms with E-state index in [0.29, 0.717) is 0 Å². The largest absolute Gasteiger partial charge is 0.248 e. The summed E-state index contributed by atoms with van der Waals surface area (Å²) in [4.78, 5) is 4.92. The summed E-state index contributed by atoms with van der Waals surface area (Å²) >= 11 is 0. The van der Waals surface area contributed by atoms with E-state index < -0.39 is 0 Å². The van der Waals surface area contributed by atoms with E-state index in [2.05, 4.69) is 93.6 Å². The van der Waals surface area contributed by atoms with Gasteiger partial charge in [0.25, 0.3) is 0 Å². The first-order valence-corrected chi connectivity index (χ1v) is 7.91. The van der Waals surface area contributed by atoms with Crippen LogP contribution in [0.2, 0.25) is 0 Å². The van der Waals surface area contributed by atoms with Gasteiger partial charge in [0, 0.05) is 11.1 Å². The van der Waals surface area contributed by atoms with E-state index >= 15 is 0 Å². The van der Waals surface area contributed by atoms with E-state index in [9.17, 15) is 0 Å². The number of nitrogens with zero attached hydrogens (tertiary/aromatic N) is 1. The summed E-state index contributed by atoms with van der Waals surface area (Å²) in [6.45, 7) is 6.30. The molecule has 0 radical (unpaired) electrons. The molecule has 0 N–H and O–H groups in total. The average molecular weight is 299 g/mol. The van der Waals surface area contributed by atoms with Crippen LogP contribution in [0.25, 0.3) is 0 Å². The molecule has 0 spiro atoms. The van der Waals surface area contributed by atoms with E-state index in [4.69, 9.17) is 4.99 Å². The van der Waals surface area contributed by atoms with Gasteiger partial charge in [-0.2, -0.15) is 0 Å². The van der Waals surface area contributed by atoms with Crippen LogP contribution in [0.15, 0.2) is 77.8 Å². The Labute approximate surface area is 138 Å². The molecule has 3 rings (SSSR count). The van der Waals surface area contributed by atoms with Crippen LogP contribution in [0.4, 0.5) is 5.69 Å². The molecule has 0 aliphatic heterocycles. The monoisotopic (exact) mass is 299 g/mol. The molecule has 1 heteroatoms. The normalized spacial score (nSPS) is 10.4. The summed E-state index contributed by atoms with van der Waals surface area (Å²) < 4.78 is 0. The summed E-state index contributed by atoms with van der Waals surface area (Å²) in [7, 11) is 0. The van der Waals surface area contributed by atoms with Gasteiger partial charge in [-0.25, -0.2) is 4.99 Å². The number of rotatable bonds is 3. The first kappa shape index (κ1) is 15.2. The predicted octanol–water partition coefficient (Wildman–Crippen LogP) is 5.78. The Kier molecular flexibility index (Phi) is 4.38. The molecule has 0 saturated carbocycles. The Morgan fingerprint density at radius 2 is 0.870 bits per heavy atom. The average Bonchev–Trinajstić information content (AvgIpc) is 2.56. The molecule has 0 atom stereocenters. The van der Waals surface area contributed by atoms with Crippen molar-refractivity contribution in [2.24, 2.45) is 4.99 Å². The summed E-state index contributed by atoms with van der Waals surface area (Å²) in [5.74, 6) is 0. The first-order valence-electron chi connectivity index (χ1n) is 7.91. The molecule has 0 fully saturated rings. The van der Waals surface area contributed by atoms with Gasteiger partial charge in [-0.05, 0) is 32.9 Å². The van der Waals surface area contributed by atoms with Crippen LogP contribution in [-0.4, -0.2) is 5.71 Å². The molecular formula is C22H21N. The van der Waals surface area contributed by atoms with Gasteiger partial charge in [-0.1, -0.05) is 77.4 Å². The highest BCUT2D eigenvalue weighted by Crippen LogP contribution is 2.19. The standard InChI is InChI=1S/C22H21N/c1-16-4-10-19(11-5-16)22(20-12-6-17(2)7-13-20)23-21-14-8-18(3)9-15-21/h4-15H,1-3H3. The van der Waals surface area contributed by atoms with Crippen molar-refractivity contribution in [2.45, 2.75) is 20.8 Å². The second kappa shape index (κ2) is 6.62. The van der Waals surface area contributed by atoms with Crippen molar-refractivity contribution in [1.29, 1.82) is 0 Å². The van der Waals surface area contributed by atoms with E-state index in [1.54, 1.807) is 0 Å². The van der Waals surface area contributed by atoms with E-state index in [0.717, 1.165) is 22.5 Å². The van der Waals surface area contributed by atoms with Crippen molar-refractivity contribution < 1.29 is 0 Å². The fourth-order valence-electron chi connectivity index (χ4n) is 2.47. The number of aliphatic imine (C=N–C) groups is 1. The van der Waals surface area contributed by atoms with Gasteiger partial charge in [0.15, 0.2) is 0 Å². The zero-order valence-corrected chi connectivity index (χ0v) is 13.9. The maximum atomic E-state index is 4.92. The van der Waals surface area contributed by atoms with Crippen LogP contribution in [0.5, 0.6) is 0 Å². The molecule has 3 aromatic carbocycles. The summed E-state index contributed by atoms with van der Waals surface area (Å²) in [5.41, 5.74) is 8.02. The molecule has 0 heterocycles. The van der Waals surface area contributed by atoms with Crippen LogP contribution in [0.3, 0.4) is 0 Å². The van der Waals surface area contributed by atoms with Gasteiger partial charge in [0.2, 0.25) is 0 Å². The summed E-state index contributed by atoms with van der Waals surface area (Å²) in [6, 6.07) is 25.4. The minimum absolute atomic E-state index is 0.978. The Morgan fingerprint density at radius 1 is 0.522 bits per heavy atom. The van der Waals surface area contributed by atoms with Crippen molar-refractivity contribution in [3.8, 4) is 0 Å². The fraction of sp³-hybridized carbons (Fsp3) is 0.136. The van der Waals surface area contributed by atoms with Crippen molar-refractivity contribution in [2.75, 3.05) is 0 Å². The Morgan fingerprint density at radius 3 is 1.26 bits per heavy atom. The second-order valence-electron chi connectivity index (χ2n) is 6.03. The van der Waals surface area contributed by atoms with Crippen LogP contribution < -0.4 is 0 Å². The van der Waals surface area contributed by atoms with Gasteiger partial charge in [0.05, 0.1) is 11.4 Å². The van der Waals surface area contributed by atoms with E-state index in [1.807, 2.05) is 0 Å². The quantitative estimate of drug-likeness (QED) is 0.543. The highest BCUT2D eigenvalue weighted by atomic mass is 14.7. The first-order chi connectivity index (χ1) is 11.1. The lowest BCUT2D eigenvalue weighted by atomic mass is 10.00. The molecule has 114 valence electrons. The van der Waals surface area contributed by atoms with Gasteiger partial charge >= 0.3 is 0 Å². The molecule has 0 aromatic heterocycles. The van der Waals surface area contributed by atoms with Crippen molar-refractivity contribution in [3.63, 3.8) is 0 Å². The summed E-state index contributed by atoms with van der Waals surface area (Å²) in [5, 5.41) is 0. The van der Waals surface area contributed by atoms with Gasteiger partial charge < -0.3 is 0 Å². The van der Waals surface area contributed by atoms with Gasteiger partial charge in [-0.15, -0.1) is 0 Å². The Bertz CT molecular complexity index is 760. The highest BCUT2D eigenvalue weighted by molar-refractivity contribution is 6.14. The van der Waals surface area contributed by atoms with E-state index in [-0.39, 0.29) is 0 Å². The lowest BCUT2D eigenvalue weighted by molar-refractivity contribution is 1.40. The molecule has 0 amide bonds. The molecule has 0 saturated heterocycles. The molecule has 0 unspecified atom stereocenters. The SMILES string of the molecule is Cc1ccc(N=C(c2ccc(C)cc2)c2ccc(C)cc2)cc1. The maximum absolute atomic E-state index is 4.92. The Balaban J connectivity index is 2.10. The topological polar surface area (TPSA) is 12.4 Å². The predicted molar refractivity (Wildman–Crippen MR) is 98.8 cm³/mol. The lowest BCUT2D eigenvalue weighted by Crippen LogP contribution is -2.03. The smallest absolute Gasteiger partial charge is 0.0781 e. The minimum atomic E-state index is 0.978. The van der Waals surface area contributed by atoms with Crippen LogP contribution >= 0.6 is 0 Å². The van der Waals surface area contributed by atoms with Crippen LogP contribution in [0, 0.1) is 20.8 Å². The van der Waals surface area contributed by atoms with E-state index in [1.165, 1.54) is 16.7 Å².